The molecule has 1 amide bonds. The van der Waals surface area contributed by atoms with Crippen LogP contribution in [0.5, 0.6) is 0 Å². The Kier molecular flexibility index (Phi) is 10.2. The van der Waals surface area contributed by atoms with Crippen molar-refractivity contribution in [3.8, 4) is 0 Å². The van der Waals surface area contributed by atoms with E-state index in [9.17, 15) is 14.4 Å². The highest BCUT2D eigenvalue weighted by Gasteiger charge is 2.41. The van der Waals surface area contributed by atoms with Crippen LogP contribution in [0.2, 0.25) is 0 Å². The minimum absolute atomic E-state index is 0.0184. The summed E-state index contributed by atoms with van der Waals surface area (Å²) < 4.78 is 8.24. The zero-order valence-electron chi connectivity index (χ0n) is 25.3. The van der Waals surface area contributed by atoms with E-state index < -0.39 is 6.04 Å². The van der Waals surface area contributed by atoms with Gasteiger partial charge in [-0.25, -0.2) is 0 Å². The highest BCUT2D eigenvalue weighted by atomic mass is 16.5. The molecule has 0 radical (unpaired) electrons. The fourth-order valence-corrected chi connectivity index (χ4v) is 7.20. The summed E-state index contributed by atoms with van der Waals surface area (Å²) in [6.45, 7) is 6.88. The SMILES string of the molecule is CCC(=O)[C@@H]1[C@H]2CCN1C(=O)Cn1cc(C(C)=O)c3cc(N4CCCC4)cc(c31)CCCCCCCCCCCO2. The molecule has 3 aliphatic heterocycles. The van der Waals surface area contributed by atoms with Gasteiger partial charge >= 0.3 is 0 Å². The maximum atomic E-state index is 13.9. The first kappa shape index (κ1) is 29.8. The average Bonchev–Trinajstić information content (AvgIpc) is 3.72. The zero-order valence-corrected chi connectivity index (χ0v) is 25.3. The predicted molar refractivity (Wildman–Crippen MR) is 164 cm³/mol. The summed E-state index contributed by atoms with van der Waals surface area (Å²) in [5.41, 5.74) is 4.10. The number of aromatic nitrogens is 1. The predicted octanol–water partition coefficient (Wildman–Crippen LogP) is 6.48. The van der Waals surface area contributed by atoms with Gasteiger partial charge in [-0.3, -0.25) is 14.4 Å². The zero-order chi connectivity index (χ0) is 28.8. The number of hydrogen-bond acceptors (Lipinski definition) is 5. The molecule has 4 heterocycles. The third kappa shape index (κ3) is 6.87. The number of rotatable bonds is 4. The van der Waals surface area contributed by atoms with Crippen molar-refractivity contribution in [3.63, 3.8) is 0 Å². The van der Waals surface area contributed by atoms with Crippen molar-refractivity contribution in [3.05, 3.63) is 29.5 Å². The molecule has 3 aliphatic rings. The molecule has 0 unspecified atom stereocenters. The lowest BCUT2D eigenvalue weighted by atomic mass is 9.99. The molecule has 7 nitrogen and oxygen atoms in total. The molecule has 1 aromatic carbocycles. The van der Waals surface area contributed by atoms with Crippen LogP contribution >= 0.6 is 0 Å². The lowest BCUT2D eigenvalue weighted by Gasteiger charge is -2.27. The molecule has 0 spiro atoms. The summed E-state index contributed by atoms with van der Waals surface area (Å²) in [5, 5.41) is 0.954. The normalized spacial score (nSPS) is 23.7. The molecule has 224 valence electrons. The van der Waals surface area contributed by atoms with Gasteiger partial charge in [-0.1, -0.05) is 51.9 Å². The first-order valence-electron chi connectivity index (χ1n) is 16.3. The third-order valence-corrected chi connectivity index (χ3v) is 9.46. The summed E-state index contributed by atoms with van der Waals surface area (Å²) in [6, 6.07) is 3.96. The Balaban J connectivity index is 1.51. The van der Waals surface area contributed by atoms with Crippen LogP contribution in [0.25, 0.3) is 10.9 Å². The molecule has 1 aromatic heterocycles. The molecule has 2 saturated heterocycles. The Morgan fingerprint density at radius 3 is 2.27 bits per heavy atom. The van der Waals surface area contributed by atoms with Crippen molar-refractivity contribution < 1.29 is 19.1 Å². The van der Waals surface area contributed by atoms with Crippen LogP contribution < -0.4 is 4.90 Å². The number of fused-ring (bicyclic) bond motifs is 2. The van der Waals surface area contributed by atoms with Crippen LogP contribution in [-0.4, -0.2) is 65.3 Å². The second kappa shape index (κ2) is 14.0. The number of nitrogens with zero attached hydrogens (tertiary/aromatic N) is 3. The summed E-state index contributed by atoms with van der Waals surface area (Å²) in [7, 11) is 0. The number of benzene rings is 1. The Labute approximate surface area is 245 Å². The molecule has 2 fully saturated rings. The minimum Gasteiger partial charge on any atom is -0.376 e. The van der Waals surface area contributed by atoms with Gasteiger partial charge < -0.3 is 19.1 Å². The van der Waals surface area contributed by atoms with Crippen LogP contribution in [0.1, 0.15) is 113 Å². The topological polar surface area (TPSA) is 71.9 Å². The Hall–Kier alpha value is -2.67. The molecule has 0 saturated carbocycles. The number of amides is 1. The molecule has 0 aliphatic carbocycles. The Bertz CT molecular complexity index is 1230. The fourth-order valence-electron chi connectivity index (χ4n) is 7.20. The van der Waals surface area contributed by atoms with Crippen LogP contribution in [0.4, 0.5) is 5.69 Å². The Morgan fingerprint density at radius 2 is 1.59 bits per heavy atom. The van der Waals surface area contributed by atoms with E-state index in [1.807, 2.05) is 17.7 Å². The van der Waals surface area contributed by atoms with Gasteiger partial charge in [0.2, 0.25) is 5.91 Å². The fraction of sp³-hybridized carbons (Fsp3) is 0.676. The van der Waals surface area contributed by atoms with Crippen LogP contribution in [-0.2, 0) is 27.3 Å². The van der Waals surface area contributed by atoms with Gasteiger partial charge in [0.05, 0.1) is 11.6 Å². The molecular weight excluding hydrogens is 514 g/mol. The van der Waals surface area contributed by atoms with Crippen LogP contribution in [0.3, 0.4) is 0 Å². The number of aryl methyl sites for hydroxylation is 1. The molecule has 5 rings (SSSR count). The van der Waals surface area contributed by atoms with Crippen molar-refractivity contribution in [2.75, 3.05) is 31.1 Å². The van der Waals surface area contributed by atoms with E-state index in [1.54, 1.807) is 11.8 Å². The van der Waals surface area contributed by atoms with E-state index in [4.69, 9.17) is 4.74 Å². The van der Waals surface area contributed by atoms with E-state index in [-0.39, 0.29) is 30.1 Å². The number of ether oxygens (including phenoxy) is 1. The van der Waals surface area contributed by atoms with Crippen molar-refractivity contribution in [1.29, 1.82) is 0 Å². The molecule has 41 heavy (non-hydrogen) atoms. The lowest BCUT2D eigenvalue weighted by Crippen LogP contribution is -2.46. The summed E-state index contributed by atoms with van der Waals surface area (Å²) in [4.78, 5) is 44.0. The second-order valence-electron chi connectivity index (χ2n) is 12.4. The van der Waals surface area contributed by atoms with Gasteiger partial charge in [0, 0.05) is 55.5 Å². The third-order valence-electron chi connectivity index (χ3n) is 9.46. The van der Waals surface area contributed by atoms with E-state index in [0.717, 1.165) is 49.7 Å². The van der Waals surface area contributed by atoms with Gasteiger partial charge in [0.25, 0.3) is 0 Å². The molecule has 2 bridgehead atoms. The highest BCUT2D eigenvalue weighted by molar-refractivity contribution is 6.09. The highest BCUT2D eigenvalue weighted by Crippen LogP contribution is 2.34. The first-order valence-corrected chi connectivity index (χ1v) is 16.3. The number of Topliss-reactive ketones (excluding diaryl/α,β-unsaturated/α-hetero) is 2. The minimum atomic E-state index is -0.520. The van der Waals surface area contributed by atoms with Gasteiger partial charge in [-0.2, -0.15) is 0 Å². The van der Waals surface area contributed by atoms with Gasteiger partial charge in [0.15, 0.2) is 11.6 Å². The van der Waals surface area contributed by atoms with Gasteiger partial charge in [0.1, 0.15) is 12.6 Å². The van der Waals surface area contributed by atoms with Crippen molar-refractivity contribution in [1.82, 2.24) is 9.47 Å². The summed E-state index contributed by atoms with van der Waals surface area (Å²) >= 11 is 0. The molecule has 0 N–H and O–H groups in total. The maximum Gasteiger partial charge on any atom is 0.243 e. The number of anilines is 1. The monoisotopic (exact) mass is 563 g/mol. The summed E-state index contributed by atoms with van der Waals surface area (Å²) in [5.74, 6) is 0.0181. The van der Waals surface area contributed by atoms with Gasteiger partial charge in [-0.05, 0) is 63.1 Å². The second-order valence-corrected chi connectivity index (χ2v) is 12.4. The van der Waals surface area contributed by atoms with Crippen molar-refractivity contribution in [2.24, 2.45) is 0 Å². The maximum absolute atomic E-state index is 13.9. The number of carbonyl (C=O) groups is 3. The van der Waals surface area contributed by atoms with Crippen molar-refractivity contribution in [2.45, 2.75) is 122 Å². The van der Waals surface area contributed by atoms with E-state index in [2.05, 4.69) is 17.0 Å². The first-order chi connectivity index (χ1) is 20.0. The molecule has 2 atom stereocenters. The standard InChI is InChI=1S/C34H49N3O4/c1-3-30(39)34-31-16-19-37(34)32(40)24-36-23-29(25(2)38)28-22-27(35-17-12-13-18-35)21-26(33(28)36)15-11-9-7-5-4-6-8-10-14-20-41-31/h21-23,31,34H,3-20,24H2,1-2H3/t31-,34-/m1/s1. The number of ketones is 2. The van der Waals surface area contributed by atoms with Gasteiger partial charge in [-0.15, -0.1) is 0 Å². The van der Waals surface area contributed by atoms with E-state index in [0.29, 0.717) is 31.6 Å². The van der Waals surface area contributed by atoms with E-state index in [1.165, 1.54) is 62.6 Å². The molecule has 7 heteroatoms. The number of carbonyl (C=O) groups excluding carboxylic acids is 3. The number of hydrogen-bond donors (Lipinski definition) is 0. The smallest absolute Gasteiger partial charge is 0.243 e. The molecule has 2 aromatic rings. The van der Waals surface area contributed by atoms with Crippen molar-refractivity contribution >= 4 is 34.1 Å². The average molecular weight is 564 g/mol. The quantitative estimate of drug-likeness (QED) is 0.399. The van der Waals surface area contributed by atoms with E-state index >= 15 is 0 Å². The summed E-state index contributed by atoms with van der Waals surface area (Å²) in [6.07, 6.45) is 16.8. The molecular formula is C34H49N3O4. The van der Waals surface area contributed by atoms with Crippen LogP contribution in [0, 0.1) is 0 Å². The Morgan fingerprint density at radius 1 is 0.902 bits per heavy atom. The van der Waals surface area contributed by atoms with Crippen LogP contribution in [0.15, 0.2) is 18.3 Å². The largest absolute Gasteiger partial charge is 0.376 e. The lowest BCUT2D eigenvalue weighted by molar-refractivity contribution is -0.140.